The second-order valence-corrected chi connectivity index (χ2v) is 5.31. The average Bonchev–Trinajstić information content (AvgIpc) is 2.60. The van der Waals surface area contributed by atoms with Gasteiger partial charge in [0, 0.05) is 24.0 Å². The lowest BCUT2D eigenvalue weighted by molar-refractivity contribution is -0.114. The smallest absolute Gasteiger partial charge is 0.251 e. The van der Waals surface area contributed by atoms with E-state index in [1.165, 1.54) is 7.11 Å². The number of anilines is 2. The number of halogens is 1. The van der Waals surface area contributed by atoms with Crippen LogP contribution in [0.3, 0.4) is 0 Å². The van der Waals surface area contributed by atoms with Crippen LogP contribution in [0.4, 0.5) is 11.4 Å². The molecule has 0 atom stereocenters. The molecule has 0 heterocycles. The molecule has 0 aromatic heterocycles. The lowest BCUT2D eigenvalue weighted by Gasteiger charge is -2.10. The number of hydrogen-bond acceptors (Lipinski definition) is 4. The highest BCUT2D eigenvalue weighted by molar-refractivity contribution is 6.32. The third kappa shape index (κ3) is 4.63. The van der Waals surface area contributed by atoms with Gasteiger partial charge in [0.1, 0.15) is 5.75 Å². The highest BCUT2D eigenvalue weighted by Gasteiger charge is 2.06. The Labute approximate surface area is 145 Å². The van der Waals surface area contributed by atoms with Gasteiger partial charge in [-0.3, -0.25) is 9.59 Å². The molecule has 3 N–H and O–H groups in total. The van der Waals surface area contributed by atoms with Crippen molar-refractivity contribution < 1.29 is 14.3 Å². The van der Waals surface area contributed by atoms with Crippen molar-refractivity contribution in [2.45, 2.75) is 0 Å². The van der Waals surface area contributed by atoms with Crippen LogP contribution >= 0.6 is 11.6 Å². The third-order valence-corrected chi connectivity index (χ3v) is 3.56. The van der Waals surface area contributed by atoms with Crippen LogP contribution in [0, 0.1) is 0 Å². The van der Waals surface area contributed by atoms with Gasteiger partial charge in [0.15, 0.2) is 0 Å². The molecular weight excluding hydrogens is 330 g/mol. The highest BCUT2D eigenvalue weighted by atomic mass is 35.5. The molecule has 6 nitrogen and oxygen atoms in total. The quantitative estimate of drug-likeness (QED) is 0.750. The van der Waals surface area contributed by atoms with Gasteiger partial charge in [-0.25, -0.2) is 0 Å². The zero-order valence-electron chi connectivity index (χ0n) is 13.4. The highest BCUT2D eigenvalue weighted by Crippen LogP contribution is 2.27. The maximum absolute atomic E-state index is 12.0. The second-order valence-electron chi connectivity index (χ2n) is 4.91. The van der Waals surface area contributed by atoms with Crippen LogP contribution in [-0.4, -0.2) is 32.5 Å². The van der Waals surface area contributed by atoms with Crippen molar-refractivity contribution in [2.75, 3.05) is 31.3 Å². The summed E-state index contributed by atoms with van der Waals surface area (Å²) in [7, 11) is 3.10. The Hall–Kier alpha value is -2.73. The van der Waals surface area contributed by atoms with Gasteiger partial charge in [-0.15, -0.1) is 0 Å². The molecule has 2 amide bonds. The summed E-state index contributed by atoms with van der Waals surface area (Å²) >= 11 is 6.03. The molecule has 2 aromatic rings. The maximum atomic E-state index is 12.0. The molecule has 0 fully saturated rings. The van der Waals surface area contributed by atoms with Crippen LogP contribution in [0.5, 0.6) is 5.75 Å². The number of nitrogens with one attached hydrogen (secondary N) is 3. The van der Waals surface area contributed by atoms with Gasteiger partial charge in [-0.2, -0.15) is 0 Å². The van der Waals surface area contributed by atoms with Gasteiger partial charge in [0.2, 0.25) is 5.91 Å². The van der Waals surface area contributed by atoms with E-state index in [1.807, 2.05) is 0 Å². The summed E-state index contributed by atoms with van der Waals surface area (Å²) in [5, 5.41) is 8.72. The Morgan fingerprint density at radius 3 is 2.33 bits per heavy atom. The van der Waals surface area contributed by atoms with E-state index in [0.717, 1.165) is 0 Å². The molecule has 0 saturated carbocycles. The molecule has 0 bridgehead atoms. The van der Waals surface area contributed by atoms with E-state index >= 15 is 0 Å². The molecule has 0 saturated heterocycles. The van der Waals surface area contributed by atoms with E-state index in [0.29, 0.717) is 27.7 Å². The van der Waals surface area contributed by atoms with Crippen molar-refractivity contribution >= 4 is 34.8 Å². The van der Waals surface area contributed by atoms with Gasteiger partial charge in [0.25, 0.3) is 5.91 Å². The molecular formula is C17H18ClN3O3. The fourth-order valence-electron chi connectivity index (χ4n) is 2.01. The Kier molecular flexibility index (Phi) is 6.03. The number of benzene rings is 2. The molecule has 2 rings (SSSR count). The van der Waals surface area contributed by atoms with Crippen LogP contribution in [-0.2, 0) is 4.79 Å². The Bertz CT molecular complexity index is 732. The minimum absolute atomic E-state index is 0.0832. The van der Waals surface area contributed by atoms with Crippen LogP contribution in [0.15, 0.2) is 42.5 Å². The summed E-state index contributed by atoms with van der Waals surface area (Å²) in [6, 6.07) is 11.8. The molecule has 0 aliphatic heterocycles. The number of ether oxygens (including phenoxy) is 1. The van der Waals surface area contributed by atoms with Crippen molar-refractivity contribution in [3.05, 3.63) is 53.1 Å². The molecule has 7 heteroatoms. The summed E-state index contributed by atoms with van der Waals surface area (Å²) in [6.45, 7) is 0.0832. The predicted molar refractivity (Wildman–Crippen MR) is 95.0 cm³/mol. The van der Waals surface area contributed by atoms with Crippen molar-refractivity contribution in [3.8, 4) is 5.75 Å². The number of methoxy groups -OCH3 is 1. The van der Waals surface area contributed by atoms with Gasteiger partial charge >= 0.3 is 0 Å². The molecule has 0 spiro atoms. The van der Waals surface area contributed by atoms with Crippen LogP contribution in [0.1, 0.15) is 10.4 Å². The fraction of sp³-hybridized carbons (Fsp3) is 0.176. The lowest BCUT2D eigenvalue weighted by Crippen LogP contribution is -2.22. The third-order valence-electron chi connectivity index (χ3n) is 3.26. The normalized spacial score (nSPS) is 9.96. The summed E-state index contributed by atoms with van der Waals surface area (Å²) < 4.78 is 5.07. The van der Waals surface area contributed by atoms with E-state index in [2.05, 4.69) is 16.0 Å². The SMILES string of the molecule is CNC(=O)c1ccc(NC(=O)CNc2ccc(OC)c(Cl)c2)cc1. The molecule has 0 aliphatic carbocycles. The van der Waals surface area contributed by atoms with Crippen LogP contribution < -0.4 is 20.7 Å². The molecule has 0 unspecified atom stereocenters. The van der Waals surface area contributed by atoms with Gasteiger partial charge in [0.05, 0.1) is 18.7 Å². The zero-order valence-corrected chi connectivity index (χ0v) is 14.1. The monoisotopic (exact) mass is 347 g/mol. The summed E-state index contributed by atoms with van der Waals surface area (Å²) in [5.74, 6) is 0.184. The average molecular weight is 348 g/mol. The standard InChI is InChI=1S/C17H18ClN3O3/c1-19-17(23)11-3-5-12(6-4-11)21-16(22)10-20-13-7-8-15(24-2)14(18)9-13/h3-9,20H,10H2,1-2H3,(H,19,23)(H,21,22). The van der Waals surface area contributed by atoms with Crippen molar-refractivity contribution in [3.63, 3.8) is 0 Å². The molecule has 24 heavy (non-hydrogen) atoms. The summed E-state index contributed by atoms with van der Waals surface area (Å²) in [6.07, 6.45) is 0. The molecule has 126 valence electrons. The number of rotatable bonds is 6. The largest absolute Gasteiger partial charge is 0.495 e. The number of carbonyl (C=O) groups excluding carboxylic acids is 2. The minimum atomic E-state index is -0.213. The first-order valence-electron chi connectivity index (χ1n) is 7.23. The van der Waals surface area contributed by atoms with Gasteiger partial charge < -0.3 is 20.7 Å². The van der Waals surface area contributed by atoms with Crippen molar-refractivity contribution in [1.29, 1.82) is 0 Å². The Balaban J connectivity index is 1.89. The fourth-order valence-corrected chi connectivity index (χ4v) is 2.27. The van der Waals surface area contributed by atoms with Crippen LogP contribution in [0.25, 0.3) is 0 Å². The van der Waals surface area contributed by atoms with Crippen LogP contribution in [0.2, 0.25) is 5.02 Å². The Morgan fingerprint density at radius 2 is 1.75 bits per heavy atom. The van der Waals surface area contributed by atoms with E-state index < -0.39 is 0 Å². The van der Waals surface area contributed by atoms with E-state index in [-0.39, 0.29) is 18.4 Å². The maximum Gasteiger partial charge on any atom is 0.251 e. The van der Waals surface area contributed by atoms with E-state index in [9.17, 15) is 9.59 Å². The van der Waals surface area contributed by atoms with Crippen molar-refractivity contribution in [2.24, 2.45) is 0 Å². The first kappa shape index (κ1) is 17.6. The van der Waals surface area contributed by atoms with Crippen molar-refractivity contribution in [1.82, 2.24) is 5.32 Å². The molecule has 0 radical (unpaired) electrons. The Morgan fingerprint density at radius 1 is 1.08 bits per heavy atom. The van der Waals surface area contributed by atoms with Gasteiger partial charge in [-0.05, 0) is 42.5 Å². The van der Waals surface area contributed by atoms with E-state index in [4.69, 9.17) is 16.3 Å². The first-order valence-corrected chi connectivity index (χ1v) is 7.60. The molecule has 0 aliphatic rings. The first-order chi connectivity index (χ1) is 11.5. The summed E-state index contributed by atoms with van der Waals surface area (Å²) in [5.41, 5.74) is 1.86. The summed E-state index contributed by atoms with van der Waals surface area (Å²) in [4.78, 5) is 23.4. The number of hydrogen-bond donors (Lipinski definition) is 3. The lowest BCUT2D eigenvalue weighted by atomic mass is 10.2. The van der Waals surface area contributed by atoms with E-state index in [1.54, 1.807) is 49.5 Å². The minimum Gasteiger partial charge on any atom is -0.495 e. The zero-order chi connectivity index (χ0) is 17.5. The van der Waals surface area contributed by atoms with Gasteiger partial charge in [-0.1, -0.05) is 11.6 Å². The number of carbonyl (C=O) groups is 2. The second kappa shape index (κ2) is 8.21. The molecule has 2 aromatic carbocycles. The number of amides is 2. The predicted octanol–water partition coefficient (Wildman–Crippen LogP) is 2.76. The topological polar surface area (TPSA) is 79.5 Å².